The molecule has 4 nitrogen and oxygen atoms in total. The van der Waals surface area contributed by atoms with E-state index in [9.17, 15) is 4.39 Å². The molecule has 2 atom stereocenters. The molecule has 2 aromatic carbocycles. The maximum absolute atomic E-state index is 13.5. The van der Waals surface area contributed by atoms with Gasteiger partial charge < -0.3 is 20.1 Å². The van der Waals surface area contributed by atoms with E-state index < -0.39 is 0 Å². The predicted molar refractivity (Wildman–Crippen MR) is 88.7 cm³/mol. The van der Waals surface area contributed by atoms with E-state index in [1.54, 1.807) is 12.1 Å². The van der Waals surface area contributed by atoms with Gasteiger partial charge in [-0.15, -0.1) is 0 Å². The molecular formula is C18H21FN2O2. The highest BCUT2D eigenvalue weighted by molar-refractivity contribution is 5.57. The maximum atomic E-state index is 13.5. The monoisotopic (exact) mass is 316 g/mol. The van der Waals surface area contributed by atoms with Crippen LogP contribution in [0.5, 0.6) is 11.5 Å². The number of methoxy groups -OCH3 is 1. The topological polar surface area (TPSA) is 42.5 Å². The van der Waals surface area contributed by atoms with Crippen molar-refractivity contribution in [1.29, 1.82) is 0 Å². The Morgan fingerprint density at radius 2 is 2.17 bits per heavy atom. The number of nitrogens with one attached hydrogen (secondary N) is 2. The largest absolute Gasteiger partial charge is 0.494 e. The zero-order valence-corrected chi connectivity index (χ0v) is 13.3. The van der Waals surface area contributed by atoms with Gasteiger partial charge in [-0.05, 0) is 36.8 Å². The minimum Gasteiger partial charge on any atom is -0.494 e. The standard InChI is InChI=1S/C18H21FN2O2/c1-12(13-7-8-15(19)18(9-13)22-2)20-10-14-11-21-16-5-3-4-6-17(16)23-14/h3-9,12,14,20-21H,10-11H2,1-2H3. The quantitative estimate of drug-likeness (QED) is 0.888. The Labute approximate surface area is 135 Å². The zero-order valence-electron chi connectivity index (χ0n) is 13.3. The van der Waals surface area contributed by atoms with E-state index in [0.29, 0.717) is 6.54 Å². The van der Waals surface area contributed by atoms with Crippen LogP contribution in [0.3, 0.4) is 0 Å². The third-order valence-corrected chi connectivity index (χ3v) is 4.03. The van der Waals surface area contributed by atoms with E-state index in [1.807, 2.05) is 31.2 Å². The molecule has 0 aliphatic carbocycles. The van der Waals surface area contributed by atoms with Crippen molar-refractivity contribution >= 4 is 5.69 Å². The van der Waals surface area contributed by atoms with Crippen molar-refractivity contribution in [2.75, 3.05) is 25.5 Å². The highest BCUT2D eigenvalue weighted by atomic mass is 19.1. The first-order valence-corrected chi connectivity index (χ1v) is 7.73. The van der Waals surface area contributed by atoms with Crippen LogP contribution in [0.25, 0.3) is 0 Å². The summed E-state index contributed by atoms with van der Waals surface area (Å²) in [6.07, 6.45) is 0.0506. The van der Waals surface area contributed by atoms with Crippen LogP contribution in [0.1, 0.15) is 18.5 Å². The molecular weight excluding hydrogens is 295 g/mol. The van der Waals surface area contributed by atoms with Crippen LogP contribution in [-0.2, 0) is 0 Å². The lowest BCUT2D eigenvalue weighted by Gasteiger charge is -2.28. The van der Waals surface area contributed by atoms with Gasteiger partial charge in [-0.25, -0.2) is 4.39 Å². The van der Waals surface area contributed by atoms with Crippen LogP contribution >= 0.6 is 0 Å². The maximum Gasteiger partial charge on any atom is 0.165 e. The van der Waals surface area contributed by atoms with Gasteiger partial charge in [0.1, 0.15) is 11.9 Å². The van der Waals surface area contributed by atoms with E-state index in [1.165, 1.54) is 13.2 Å². The number of fused-ring (bicyclic) bond motifs is 1. The molecule has 0 fully saturated rings. The Balaban J connectivity index is 1.58. The Kier molecular flexibility index (Phi) is 4.67. The summed E-state index contributed by atoms with van der Waals surface area (Å²) in [4.78, 5) is 0. The molecule has 2 unspecified atom stereocenters. The van der Waals surface area contributed by atoms with Gasteiger partial charge in [-0.1, -0.05) is 18.2 Å². The van der Waals surface area contributed by atoms with Gasteiger partial charge in [0, 0.05) is 12.6 Å². The van der Waals surface area contributed by atoms with Crippen molar-refractivity contribution in [3.05, 3.63) is 53.8 Å². The number of anilines is 1. The van der Waals surface area contributed by atoms with Crippen LogP contribution in [-0.4, -0.2) is 26.3 Å². The third-order valence-electron chi connectivity index (χ3n) is 4.03. The molecule has 0 spiro atoms. The second-order valence-electron chi connectivity index (χ2n) is 5.64. The molecule has 23 heavy (non-hydrogen) atoms. The first kappa shape index (κ1) is 15.6. The zero-order chi connectivity index (χ0) is 16.2. The molecule has 0 saturated carbocycles. The highest BCUT2D eigenvalue weighted by Gasteiger charge is 2.19. The van der Waals surface area contributed by atoms with Crippen LogP contribution in [0.15, 0.2) is 42.5 Å². The fourth-order valence-electron chi connectivity index (χ4n) is 2.65. The molecule has 3 rings (SSSR count). The summed E-state index contributed by atoms with van der Waals surface area (Å²) < 4.78 is 24.5. The molecule has 1 heterocycles. The minimum atomic E-state index is -0.347. The number of benzene rings is 2. The number of halogens is 1. The van der Waals surface area contributed by atoms with E-state index in [4.69, 9.17) is 9.47 Å². The second kappa shape index (κ2) is 6.87. The van der Waals surface area contributed by atoms with E-state index in [-0.39, 0.29) is 23.7 Å². The highest BCUT2D eigenvalue weighted by Crippen LogP contribution is 2.28. The molecule has 0 saturated heterocycles. The first-order valence-electron chi connectivity index (χ1n) is 7.73. The summed E-state index contributed by atoms with van der Waals surface area (Å²) >= 11 is 0. The summed E-state index contributed by atoms with van der Waals surface area (Å²) in [5.41, 5.74) is 2.01. The Morgan fingerprint density at radius 1 is 1.35 bits per heavy atom. The molecule has 0 bridgehead atoms. The summed E-state index contributed by atoms with van der Waals surface area (Å²) in [6, 6.07) is 12.9. The normalized spacial score (nSPS) is 17.6. The molecule has 1 aliphatic rings. The lowest BCUT2D eigenvalue weighted by Crippen LogP contribution is -2.40. The van der Waals surface area contributed by atoms with Crippen LogP contribution in [0.2, 0.25) is 0 Å². The van der Waals surface area contributed by atoms with Gasteiger partial charge in [0.25, 0.3) is 0 Å². The van der Waals surface area contributed by atoms with Gasteiger partial charge in [-0.2, -0.15) is 0 Å². The van der Waals surface area contributed by atoms with E-state index in [0.717, 1.165) is 23.5 Å². The average molecular weight is 316 g/mol. The van der Waals surface area contributed by atoms with Crippen molar-refractivity contribution in [1.82, 2.24) is 5.32 Å². The molecule has 2 N–H and O–H groups in total. The van der Waals surface area contributed by atoms with Gasteiger partial charge in [0.05, 0.1) is 19.3 Å². The van der Waals surface area contributed by atoms with Crippen molar-refractivity contribution in [2.24, 2.45) is 0 Å². The number of ether oxygens (including phenoxy) is 2. The SMILES string of the molecule is COc1cc(C(C)NCC2CNc3ccccc3O2)ccc1F. The van der Waals surface area contributed by atoms with Crippen molar-refractivity contribution in [2.45, 2.75) is 19.1 Å². The lowest BCUT2D eigenvalue weighted by atomic mass is 10.1. The molecule has 0 amide bonds. The number of hydrogen-bond acceptors (Lipinski definition) is 4. The van der Waals surface area contributed by atoms with Crippen molar-refractivity contribution < 1.29 is 13.9 Å². The van der Waals surface area contributed by atoms with Gasteiger partial charge in [0.2, 0.25) is 0 Å². The number of para-hydroxylation sites is 2. The molecule has 122 valence electrons. The van der Waals surface area contributed by atoms with Crippen molar-refractivity contribution in [3.8, 4) is 11.5 Å². The third kappa shape index (κ3) is 3.56. The summed E-state index contributed by atoms with van der Waals surface area (Å²) in [5.74, 6) is 0.794. The molecule has 0 aromatic heterocycles. The lowest BCUT2D eigenvalue weighted by molar-refractivity contribution is 0.198. The minimum absolute atomic E-state index is 0.0506. The fourth-order valence-corrected chi connectivity index (χ4v) is 2.65. The van der Waals surface area contributed by atoms with Crippen LogP contribution < -0.4 is 20.1 Å². The second-order valence-corrected chi connectivity index (χ2v) is 5.64. The predicted octanol–water partition coefficient (Wildman–Crippen LogP) is 3.36. The van der Waals surface area contributed by atoms with Crippen molar-refractivity contribution in [3.63, 3.8) is 0 Å². The summed E-state index contributed by atoms with van der Waals surface area (Å²) in [6.45, 7) is 3.49. The van der Waals surface area contributed by atoms with Gasteiger partial charge in [-0.3, -0.25) is 0 Å². The van der Waals surface area contributed by atoms with E-state index in [2.05, 4.69) is 10.6 Å². The van der Waals surface area contributed by atoms with Crippen LogP contribution in [0, 0.1) is 5.82 Å². The number of rotatable bonds is 5. The fraction of sp³-hybridized carbons (Fsp3) is 0.333. The smallest absolute Gasteiger partial charge is 0.165 e. The van der Waals surface area contributed by atoms with Gasteiger partial charge in [0.15, 0.2) is 11.6 Å². The molecule has 2 aromatic rings. The Hall–Kier alpha value is -2.27. The van der Waals surface area contributed by atoms with Gasteiger partial charge >= 0.3 is 0 Å². The molecule has 1 aliphatic heterocycles. The first-order chi connectivity index (χ1) is 11.2. The molecule has 0 radical (unpaired) electrons. The number of hydrogen-bond donors (Lipinski definition) is 2. The summed E-state index contributed by atoms with van der Waals surface area (Å²) in [5, 5.41) is 6.79. The van der Waals surface area contributed by atoms with Crippen LogP contribution in [0.4, 0.5) is 10.1 Å². The Bertz CT molecular complexity index is 678. The average Bonchev–Trinajstić information content (AvgIpc) is 2.60. The Morgan fingerprint density at radius 3 is 3.00 bits per heavy atom. The molecule has 5 heteroatoms. The summed E-state index contributed by atoms with van der Waals surface area (Å²) in [7, 11) is 1.47. The van der Waals surface area contributed by atoms with E-state index >= 15 is 0 Å².